The summed E-state index contributed by atoms with van der Waals surface area (Å²) >= 11 is 0. The maximum atomic E-state index is 12.5. The summed E-state index contributed by atoms with van der Waals surface area (Å²) in [6.07, 6.45) is -4.36. The molecule has 1 atom stereocenters. The van der Waals surface area contributed by atoms with E-state index in [1.54, 1.807) is 26.8 Å². The van der Waals surface area contributed by atoms with Gasteiger partial charge in [0.25, 0.3) is 5.91 Å². The Balaban J connectivity index is 2.10. The van der Waals surface area contributed by atoms with Crippen molar-refractivity contribution in [2.45, 2.75) is 33.0 Å². The predicted octanol–water partition coefficient (Wildman–Crippen LogP) is 4.41. The van der Waals surface area contributed by atoms with Crippen LogP contribution < -0.4 is 5.32 Å². The third-order valence-corrected chi connectivity index (χ3v) is 3.37. The van der Waals surface area contributed by atoms with E-state index in [4.69, 9.17) is 4.42 Å². The zero-order chi connectivity index (χ0) is 16.5. The topological polar surface area (TPSA) is 42.2 Å². The van der Waals surface area contributed by atoms with Gasteiger partial charge in [-0.05, 0) is 44.5 Å². The van der Waals surface area contributed by atoms with Gasteiger partial charge in [-0.25, -0.2) is 0 Å². The molecule has 0 fully saturated rings. The summed E-state index contributed by atoms with van der Waals surface area (Å²) in [5.41, 5.74) is 0.312. The lowest BCUT2D eigenvalue weighted by molar-refractivity contribution is -0.137. The highest BCUT2D eigenvalue weighted by Gasteiger charge is 2.30. The van der Waals surface area contributed by atoms with Crippen LogP contribution in [0.2, 0.25) is 0 Å². The van der Waals surface area contributed by atoms with Crippen LogP contribution in [-0.2, 0) is 6.18 Å². The fourth-order valence-electron chi connectivity index (χ4n) is 2.17. The zero-order valence-corrected chi connectivity index (χ0v) is 12.4. The van der Waals surface area contributed by atoms with Crippen molar-refractivity contribution in [1.29, 1.82) is 0 Å². The second-order valence-corrected chi connectivity index (χ2v) is 5.14. The van der Waals surface area contributed by atoms with Gasteiger partial charge in [0.2, 0.25) is 0 Å². The van der Waals surface area contributed by atoms with Crippen LogP contribution in [0.25, 0.3) is 0 Å². The first-order valence-electron chi connectivity index (χ1n) is 6.73. The lowest BCUT2D eigenvalue weighted by Gasteiger charge is -2.15. The van der Waals surface area contributed by atoms with Crippen LogP contribution in [-0.4, -0.2) is 5.91 Å². The van der Waals surface area contributed by atoms with E-state index in [2.05, 4.69) is 5.32 Å². The molecule has 0 spiro atoms. The molecule has 1 heterocycles. The Bertz CT molecular complexity index is 672. The van der Waals surface area contributed by atoms with Gasteiger partial charge in [-0.2, -0.15) is 13.2 Å². The Labute approximate surface area is 126 Å². The Morgan fingerprint density at radius 2 is 1.77 bits per heavy atom. The Morgan fingerprint density at radius 3 is 2.23 bits per heavy atom. The van der Waals surface area contributed by atoms with E-state index in [1.807, 2.05) is 0 Å². The lowest BCUT2D eigenvalue weighted by Crippen LogP contribution is -2.26. The minimum Gasteiger partial charge on any atom is -0.466 e. The van der Waals surface area contributed by atoms with Gasteiger partial charge >= 0.3 is 6.18 Å². The molecule has 0 bridgehead atoms. The molecule has 1 aromatic heterocycles. The molecular formula is C16H16F3NO2. The molecular weight excluding hydrogens is 295 g/mol. The van der Waals surface area contributed by atoms with Gasteiger partial charge in [0.15, 0.2) is 0 Å². The standard InChI is InChI=1S/C16H16F3NO2/c1-9-8-14(11(3)22-9)15(21)20-10(2)12-4-6-13(7-5-12)16(17,18)19/h4-8,10H,1-3H3,(H,20,21)/t10-/m1/s1. The summed E-state index contributed by atoms with van der Waals surface area (Å²) in [6, 6.07) is 5.95. The zero-order valence-electron chi connectivity index (χ0n) is 12.4. The van der Waals surface area contributed by atoms with Crippen molar-refractivity contribution < 1.29 is 22.4 Å². The van der Waals surface area contributed by atoms with Crippen molar-refractivity contribution in [3.63, 3.8) is 0 Å². The number of hydrogen-bond donors (Lipinski definition) is 1. The van der Waals surface area contributed by atoms with Crippen molar-refractivity contribution in [3.05, 3.63) is 58.5 Å². The molecule has 0 saturated heterocycles. The maximum absolute atomic E-state index is 12.5. The number of carbonyl (C=O) groups excluding carboxylic acids is 1. The average Bonchev–Trinajstić information content (AvgIpc) is 2.77. The maximum Gasteiger partial charge on any atom is 0.416 e. The number of rotatable bonds is 3. The molecule has 3 nitrogen and oxygen atoms in total. The van der Waals surface area contributed by atoms with Crippen molar-refractivity contribution in [3.8, 4) is 0 Å². The summed E-state index contributed by atoms with van der Waals surface area (Å²) in [5.74, 6) is 0.821. The van der Waals surface area contributed by atoms with Crippen LogP contribution in [0.15, 0.2) is 34.7 Å². The largest absolute Gasteiger partial charge is 0.466 e. The number of amides is 1. The molecule has 0 saturated carbocycles. The van der Waals surface area contributed by atoms with Gasteiger partial charge < -0.3 is 9.73 Å². The van der Waals surface area contributed by atoms with Gasteiger partial charge in [0.05, 0.1) is 17.2 Å². The fraction of sp³-hybridized carbons (Fsp3) is 0.312. The number of benzene rings is 1. The highest BCUT2D eigenvalue weighted by atomic mass is 19.4. The quantitative estimate of drug-likeness (QED) is 0.912. The van der Waals surface area contributed by atoms with E-state index in [0.717, 1.165) is 12.1 Å². The number of furan rings is 1. The summed E-state index contributed by atoms with van der Waals surface area (Å²) in [7, 11) is 0. The number of alkyl halides is 3. The Hall–Kier alpha value is -2.24. The summed E-state index contributed by atoms with van der Waals surface area (Å²) < 4.78 is 42.8. The number of aryl methyl sites for hydroxylation is 2. The first kappa shape index (κ1) is 16.1. The summed E-state index contributed by atoms with van der Waals surface area (Å²) in [4.78, 5) is 12.1. The van der Waals surface area contributed by atoms with Crippen LogP contribution in [0.4, 0.5) is 13.2 Å². The van der Waals surface area contributed by atoms with E-state index in [1.165, 1.54) is 12.1 Å². The molecule has 6 heteroatoms. The van der Waals surface area contributed by atoms with Crippen LogP contribution >= 0.6 is 0 Å². The number of nitrogens with one attached hydrogen (secondary N) is 1. The molecule has 22 heavy (non-hydrogen) atoms. The van der Waals surface area contributed by atoms with Crippen LogP contribution in [0.5, 0.6) is 0 Å². The SMILES string of the molecule is Cc1cc(C(=O)N[C@H](C)c2ccc(C(F)(F)F)cc2)c(C)o1. The molecule has 1 aromatic carbocycles. The second-order valence-electron chi connectivity index (χ2n) is 5.14. The predicted molar refractivity (Wildman–Crippen MR) is 75.5 cm³/mol. The van der Waals surface area contributed by atoms with Crippen molar-refractivity contribution >= 4 is 5.91 Å². The molecule has 2 aromatic rings. The highest BCUT2D eigenvalue weighted by molar-refractivity contribution is 5.95. The van der Waals surface area contributed by atoms with Crippen LogP contribution in [0, 0.1) is 13.8 Å². The number of carbonyl (C=O) groups is 1. The minimum absolute atomic E-state index is 0.318. The fourth-order valence-corrected chi connectivity index (χ4v) is 2.17. The molecule has 0 aliphatic rings. The molecule has 1 N–H and O–H groups in total. The van der Waals surface area contributed by atoms with E-state index >= 15 is 0 Å². The second kappa shape index (κ2) is 5.87. The molecule has 1 amide bonds. The van der Waals surface area contributed by atoms with Gasteiger partial charge in [0.1, 0.15) is 11.5 Å². The average molecular weight is 311 g/mol. The number of halogens is 3. The van der Waals surface area contributed by atoms with Crippen molar-refractivity contribution in [1.82, 2.24) is 5.32 Å². The molecule has 0 aliphatic heterocycles. The van der Waals surface area contributed by atoms with E-state index in [0.29, 0.717) is 22.6 Å². The lowest BCUT2D eigenvalue weighted by atomic mass is 10.1. The molecule has 0 radical (unpaired) electrons. The van der Waals surface area contributed by atoms with E-state index < -0.39 is 17.8 Å². The molecule has 0 aliphatic carbocycles. The molecule has 0 unspecified atom stereocenters. The normalized spacial score (nSPS) is 13.0. The van der Waals surface area contributed by atoms with Gasteiger partial charge in [-0.3, -0.25) is 4.79 Å². The van der Waals surface area contributed by atoms with Crippen molar-refractivity contribution in [2.75, 3.05) is 0 Å². The smallest absolute Gasteiger partial charge is 0.416 e. The Kier molecular flexibility index (Phi) is 4.30. The van der Waals surface area contributed by atoms with Crippen LogP contribution in [0.3, 0.4) is 0 Å². The molecule has 2 rings (SSSR count). The van der Waals surface area contributed by atoms with Gasteiger partial charge in [-0.15, -0.1) is 0 Å². The Morgan fingerprint density at radius 1 is 1.18 bits per heavy atom. The highest BCUT2D eigenvalue weighted by Crippen LogP contribution is 2.30. The number of hydrogen-bond acceptors (Lipinski definition) is 2. The van der Waals surface area contributed by atoms with Crippen LogP contribution in [0.1, 0.15) is 46.0 Å². The van der Waals surface area contributed by atoms with Gasteiger partial charge in [0, 0.05) is 0 Å². The summed E-state index contributed by atoms with van der Waals surface area (Å²) in [6.45, 7) is 5.14. The van der Waals surface area contributed by atoms with E-state index in [-0.39, 0.29) is 5.91 Å². The monoisotopic (exact) mass is 311 g/mol. The third kappa shape index (κ3) is 3.50. The summed E-state index contributed by atoms with van der Waals surface area (Å²) in [5, 5.41) is 2.74. The van der Waals surface area contributed by atoms with Crippen molar-refractivity contribution in [2.24, 2.45) is 0 Å². The van der Waals surface area contributed by atoms with Gasteiger partial charge in [-0.1, -0.05) is 12.1 Å². The third-order valence-electron chi connectivity index (χ3n) is 3.37. The minimum atomic E-state index is -4.36. The first-order valence-corrected chi connectivity index (χ1v) is 6.73. The van der Waals surface area contributed by atoms with E-state index in [9.17, 15) is 18.0 Å². The molecule has 118 valence electrons. The first-order chi connectivity index (χ1) is 10.2.